The third-order valence-electron chi connectivity index (χ3n) is 2.85. The lowest BCUT2D eigenvalue weighted by atomic mass is 10.1. The Hall–Kier alpha value is -2.49. The molecule has 1 N–H and O–H groups in total. The van der Waals surface area contributed by atoms with Crippen LogP contribution < -0.4 is 14.8 Å². The van der Waals surface area contributed by atoms with Crippen molar-refractivity contribution in [2.75, 3.05) is 12.1 Å². The number of anilines is 1. The second-order valence-corrected chi connectivity index (χ2v) is 4.22. The van der Waals surface area contributed by atoms with Crippen LogP contribution in [0.4, 0.5) is 5.69 Å². The van der Waals surface area contributed by atoms with Crippen molar-refractivity contribution in [2.45, 2.75) is 0 Å². The normalized spacial score (nSPS) is 12.3. The Balaban J connectivity index is 1.78. The van der Waals surface area contributed by atoms with Crippen molar-refractivity contribution in [3.63, 3.8) is 0 Å². The van der Waals surface area contributed by atoms with Crippen LogP contribution in [0.2, 0.25) is 0 Å². The zero-order valence-corrected chi connectivity index (χ0v) is 10.2. The first-order valence-electron chi connectivity index (χ1n) is 5.85. The topological polar surface area (TPSA) is 47.6 Å². The standard InChI is InChI=1S/C15H12NO3/c1-10-2-5-12(6-3-10)16-15(17)11-4-7-13-14(8-11)19-9-18-13/h2-8H,1,9H2,(H,16,17). The quantitative estimate of drug-likeness (QED) is 0.896. The first kappa shape index (κ1) is 11.6. The molecule has 1 heterocycles. The first-order valence-corrected chi connectivity index (χ1v) is 5.85. The van der Waals surface area contributed by atoms with E-state index in [-0.39, 0.29) is 12.7 Å². The zero-order valence-electron chi connectivity index (χ0n) is 10.2. The molecule has 1 aliphatic heterocycles. The van der Waals surface area contributed by atoms with E-state index in [1.807, 2.05) is 24.3 Å². The van der Waals surface area contributed by atoms with Crippen LogP contribution in [-0.2, 0) is 0 Å². The molecule has 4 nitrogen and oxygen atoms in total. The van der Waals surface area contributed by atoms with Gasteiger partial charge in [0.1, 0.15) is 0 Å². The molecule has 0 saturated heterocycles. The number of rotatable bonds is 2. The minimum Gasteiger partial charge on any atom is -0.454 e. The molecule has 1 amide bonds. The average molecular weight is 254 g/mol. The molecule has 3 rings (SSSR count). The number of fused-ring (bicyclic) bond motifs is 1. The van der Waals surface area contributed by atoms with Crippen molar-refractivity contribution in [1.29, 1.82) is 0 Å². The Morgan fingerprint density at radius 2 is 1.79 bits per heavy atom. The lowest BCUT2D eigenvalue weighted by Gasteiger charge is -2.06. The Labute approximate surface area is 111 Å². The van der Waals surface area contributed by atoms with Crippen LogP contribution in [0.25, 0.3) is 0 Å². The number of amides is 1. The van der Waals surface area contributed by atoms with E-state index in [4.69, 9.17) is 9.47 Å². The number of ether oxygens (including phenoxy) is 2. The highest BCUT2D eigenvalue weighted by Crippen LogP contribution is 2.32. The Morgan fingerprint density at radius 3 is 2.58 bits per heavy atom. The third kappa shape index (κ3) is 2.38. The van der Waals surface area contributed by atoms with Gasteiger partial charge in [0.05, 0.1) is 0 Å². The van der Waals surface area contributed by atoms with Crippen molar-refractivity contribution in [3.8, 4) is 11.5 Å². The van der Waals surface area contributed by atoms with Crippen molar-refractivity contribution in [1.82, 2.24) is 0 Å². The molecule has 0 bridgehead atoms. The van der Waals surface area contributed by atoms with Gasteiger partial charge in [0.15, 0.2) is 11.5 Å². The monoisotopic (exact) mass is 254 g/mol. The van der Waals surface area contributed by atoms with Crippen molar-refractivity contribution in [3.05, 3.63) is 60.5 Å². The van der Waals surface area contributed by atoms with Gasteiger partial charge in [-0.05, 0) is 42.8 Å². The van der Waals surface area contributed by atoms with Gasteiger partial charge in [-0.25, -0.2) is 0 Å². The molecule has 19 heavy (non-hydrogen) atoms. The summed E-state index contributed by atoms with van der Waals surface area (Å²) in [5.41, 5.74) is 2.17. The molecule has 95 valence electrons. The summed E-state index contributed by atoms with van der Waals surface area (Å²) in [7, 11) is 0. The van der Waals surface area contributed by atoms with Crippen LogP contribution in [0.15, 0.2) is 42.5 Å². The average Bonchev–Trinajstić information content (AvgIpc) is 2.88. The second kappa shape index (κ2) is 4.65. The largest absolute Gasteiger partial charge is 0.454 e. The molecule has 0 saturated carbocycles. The van der Waals surface area contributed by atoms with Crippen molar-refractivity contribution in [2.24, 2.45) is 0 Å². The van der Waals surface area contributed by atoms with Gasteiger partial charge in [-0.15, -0.1) is 0 Å². The fourth-order valence-electron chi connectivity index (χ4n) is 1.83. The predicted molar refractivity (Wildman–Crippen MR) is 71.4 cm³/mol. The Morgan fingerprint density at radius 1 is 1.05 bits per heavy atom. The molecule has 4 heteroatoms. The summed E-state index contributed by atoms with van der Waals surface area (Å²) in [4.78, 5) is 12.1. The van der Waals surface area contributed by atoms with Crippen LogP contribution in [-0.4, -0.2) is 12.7 Å². The van der Waals surface area contributed by atoms with Gasteiger partial charge in [-0.3, -0.25) is 4.79 Å². The van der Waals surface area contributed by atoms with Gasteiger partial charge in [0.25, 0.3) is 5.91 Å². The maximum Gasteiger partial charge on any atom is 0.255 e. The summed E-state index contributed by atoms with van der Waals surface area (Å²) in [5.74, 6) is 1.08. The molecular weight excluding hydrogens is 242 g/mol. The van der Waals surface area contributed by atoms with E-state index in [2.05, 4.69) is 12.2 Å². The molecule has 0 aliphatic carbocycles. The van der Waals surface area contributed by atoms with Crippen LogP contribution >= 0.6 is 0 Å². The van der Waals surface area contributed by atoms with E-state index in [9.17, 15) is 4.79 Å². The maximum atomic E-state index is 12.1. The molecule has 0 aromatic heterocycles. The van der Waals surface area contributed by atoms with Gasteiger partial charge in [-0.2, -0.15) is 0 Å². The van der Waals surface area contributed by atoms with Crippen LogP contribution in [0.3, 0.4) is 0 Å². The summed E-state index contributed by atoms with van der Waals surface area (Å²) in [5, 5.41) is 2.81. The van der Waals surface area contributed by atoms with E-state index < -0.39 is 0 Å². The number of hydrogen-bond acceptors (Lipinski definition) is 3. The molecule has 0 fully saturated rings. The summed E-state index contributed by atoms with van der Waals surface area (Å²) in [6.07, 6.45) is 0. The second-order valence-electron chi connectivity index (χ2n) is 4.22. The van der Waals surface area contributed by atoms with Crippen LogP contribution in [0.1, 0.15) is 15.9 Å². The number of carbonyl (C=O) groups excluding carboxylic acids is 1. The molecular formula is C15H12NO3. The highest BCUT2D eigenvalue weighted by molar-refractivity contribution is 6.04. The zero-order chi connectivity index (χ0) is 13.2. The predicted octanol–water partition coefficient (Wildman–Crippen LogP) is 2.85. The smallest absolute Gasteiger partial charge is 0.255 e. The lowest BCUT2D eigenvalue weighted by molar-refractivity contribution is 0.102. The van der Waals surface area contributed by atoms with Gasteiger partial charge in [0, 0.05) is 11.3 Å². The number of nitrogens with one attached hydrogen (secondary N) is 1. The summed E-state index contributed by atoms with van der Waals surface area (Å²) < 4.78 is 10.4. The highest BCUT2D eigenvalue weighted by Gasteiger charge is 2.16. The first-order chi connectivity index (χ1) is 9.22. The number of benzene rings is 2. The molecule has 0 unspecified atom stereocenters. The Bertz CT molecular complexity index is 620. The van der Waals surface area contributed by atoms with Crippen LogP contribution in [0.5, 0.6) is 11.5 Å². The van der Waals surface area contributed by atoms with Crippen molar-refractivity contribution >= 4 is 11.6 Å². The summed E-state index contributed by atoms with van der Waals surface area (Å²) in [6.45, 7) is 3.99. The summed E-state index contributed by atoms with van der Waals surface area (Å²) in [6, 6.07) is 12.4. The van der Waals surface area contributed by atoms with Crippen LogP contribution in [0, 0.1) is 6.92 Å². The molecule has 0 spiro atoms. The molecule has 2 aromatic rings. The lowest BCUT2D eigenvalue weighted by Crippen LogP contribution is -2.11. The molecule has 0 atom stereocenters. The SMILES string of the molecule is [CH2]c1ccc(NC(=O)c2ccc3c(c2)OCO3)cc1. The van der Waals surface area contributed by atoms with Gasteiger partial charge in [0.2, 0.25) is 6.79 Å². The van der Waals surface area contributed by atoms with E-state index in [0.717, 1.165) is 11.3 Å². The molecule has 2 aromatic carbocycles. The van der Waals surface area contributed by atoms with E-state index >= 15 is 0 Å². The van der Waals surface area contributed by atoms with E-state index in [1.54, 1.807) is 18.2 Å². The molecule has 1 radical (unpaired) electrons. The fraction of sp³-hybridized carbons (Fsp3) is 0.0667. The van der Waals surface area contributed by atoms with E-state index in [0.29, 0.717) is 17.1 Å². The minimum atomic E-state index is -0.185. The highest BCUT2D eigenvalue weighted by atomic mass is 16.7. The minimum absolute atomic E-state index is 0.185. The van der Waals surface area contributed by atoms with Gasteiger partial charge < -0.3 is 14.8 Å². The summed E-state index contributed by atoms with van der Waals surface area (Å²) >= 11 is 0. The number of hydrogen-bond donors (Lipinski definition) is 1. The van der Waals surface area contributed by atoms with Gasteiger partial charge >= 0.3 is 0 Å². The van der Waals surface area contributed by atoms with Gasteiger partial charge in [-0.1, -0.05) is 12.1 Å². The Kier molecular flexibility index (Phi) is 2.83. The van der Waals surface area contributed by atoms with E-state index in [1.165, 1.54) is 0 Å². The maximum absolute atomic E-state index is 12.1. The number of carbonyl (C=O) groups is 1. The third-order valence-corrected chi connectivity index (χ3v) is 2.85. The fourth-order valence-corrected chi connectivity index (χ4v) is 1.83. The van der Waals surface area contributed by atoms with Crippen molar-refractivity contribution < 1.29 is 14.3 Å². The molecule has 1 aliphatic rings.